The molecule has 0 radical (unpaired) electrons. The fourth-order valence-electron chi connectivity index (χ4n) is 1.62. The zero-order chi connectivity index (χ0) is 14.3. The molecule has 0 saturated carbocycles. The molecule has 0 aliphatic heterocycles. The topological polar surface area (TPSA) is 67.2 Å². The van der Waals surface area contributed by atoms with E-state index in [1.54, 1.807) is 6.92 Å². The van der Waals surface area contributed by atoms with Crippen molar-refractivity contribution < 1.29 is 18.7 Å². The minimum absolute atomic E-state index is 0.0798. The van der Waals surface area contributed by atoms with Crippen LogP contribution in [0, 0.1) is 23.1 Å². The zero-order valence-electron chi connectivity index (χ0n) is 10.6. The standard InChI is InChI=1S/C14H14FNO3/c1-2-19-14(18)12(4-3-9-16)13(17)10-5-7-11(15)8-6-10/h5-8,12H,2-4H2,1H3/t12-/m0/s1. The van der Waals surface area contributed by atoms with Crippen LogP contribution in [0.25, 0.3) is 0 Å². The van der Waals surface area contributed by atoms with Gasteiger partial charge in [0, 0.05) is 12.0 Å². The third-order valence-electron chi connectivity index (χ3n) is 2.56. The third-order valence-corrected chi connectivity index (χ3v) is 2.56. The Balaban J connectivity index is 2.90. The van der Waals surface area contributed by atoms with Crippen molar-refractivity contribution in [2.45, 2.75) is 19.8 Å². The van der Waals surface area contributed by atoms with Crippen LogP contribution in [0.4, 0.5) is 4.39 Å². The zero-order valence-corrected chi connectivity index (χ0v) is 10.6. The number of esters is 1. The van der Waals surface area contributed by atoms with Gasteiger partial charge < -0.3 is 4.74 Å². The first-order valence-corrected chi connectivity index (χ1v) is 5.93. The summed E-state index contributed by atoms with van der Waals surface area (Å²) < 4.78 is 17.6. The van der Waals surface area contributed by atoms with Gasteiger partial charge in [-0.25, -0.2) is 4.39 Å². The monoisotopic (exact) mass is 263 g/mol. The van der Waals surface area contributed by atoms with E-state index in [9.17, 15) is 14.0 Å². The van der Waals surface area contributed by atoms with E-state index in [4.69, 9.17) is 10.00 Å². The summed E-state index contributed by atoms with van der Waals surface area (Å²) in [5.41, 5.74) is 0.234. The minimum Gasteiger partial charge on any atom is -0.465 e. The first-order valence-electron chi connectivity index (χ1n) is 5.93. The fraction of sp³-hybridized carbons (Fsp3) is 0.357. The maximum absolute atomic E-state index is 12.8. The molecule has 100 valence electrons. The average molecular weight is 263 g/mol. The van der Waals surface area contributed by atoms with Crippen molar-refractivity contribution in [3.63, 3.8) is 0 Å². The summed E-state index contributed by atoms with van der Waals surface area (Å²) in [4.78, 5) is 23.8. The quantitative estimate of drug-likeness (QED) is 0.449. The Hall–Kier alpha value is -2.22. The van der Waals surface area contributed by atoms with Gasteiger partial charge in [-0.05, 0) is 37.6 Å². The van der Waals surface area contributed by atoms with Crippen LogP contribution in [0.2, 0.25) is 0 Å². The lowest BCUT2D eigenvalue weighted by Gasteiger charge is -2.13. The molecule has 0 fully saturated rings. The van der Waals surface area contributed by atoms with Crippen LogP contribution in [0.15, 0.2) is 24.3 Å². The molecular formula is C14H14FNO3. The van der Waals surface area contributed by atoms with E-state index in [2.05, 4.69) is 0 Å². The molecule has 0 heterocycles. The molecule has 0 N–H and O–H groups in total. The van der Waals surface area contributed by atoms with E-state index < -0.39 is 23.5 Å². The Morgan fingerprint density at radius 1 is 1.37 bits per heavy atom. The van der Waals surface area contributed by atoms with E-state index >= 15 is 0 Å². The predicted molar refractivity (Wildman–Crippen MR) is 65.7 cm³/mol. The summed E-state index contributed by atoms with van der Waals surface area (Å²) in [7, 11) is 0. The number of Topliss-reactive ketones (excluding diaryl/α,β-unsaturated/α-hetero) is 1. The van der Waals surface area contributed by atoms with Gasteiger partial charge in [0.2, 0.25) is 0 Å². The van der Waals surface area contributed by atoms with Crippen molar-refractivity contribution >= 4 is 11.8 Å². The van der Waals surface area contributed by atoms with Crippen LogP contribution in [-0.4, -0.2) is 18.4 Å². The summed E-state index contributed by atoms with van der Waals surface area (Å²) >= 11 is 0. The lowest BCUT2D eigenvalue weighted by molar-refractivity contribution is -0.146. The molecule has 1 rings (SSSR count). The molecule has 0 unspecified atom stereocenters. The summed E-state index contributed by atoms with van der Waals surface area (Å²) in [6.07, 6.45) is 0.182. The molecular weight excluding hydrogens is 249 g/mol. The average Bonchev–Trinajstić information content (AvgIpc) is 2.40. The van der Waals surface area contributed by atoms with Crippen molar-refractivity contribution in [3.05, 3.63) is 35.6 Å². The van der Waals surface area contributed by atoms with Crippen LogP contribution in [0.5, 0.6) is 0 Å². The number of benzene rings is 1. The lowest BCUT2D eigenvalue weighted by Crippen LogP contribution is -2.26. The Bertz CT molecular complexity index is 490. The number of rotatable bonds is 6. The molecule has 1 atom stereocenters. The second kappa shape index (κ2) is 7.27. The van der Waals surface area contributed by atoms with E-state index in [0.717, 1.165) is 12.1 Å². The molecule has 0 aliphatic rings. The molecule has 0 bridgehead atoms. The van der Waals surface area contributed by atoms with Gasteiger partial charge >= 0.3 is 5.97 Å². The van der Waals surface area contributed by atoms with Crippen LogP contribution in [0.3, 0.4) is 0 Å². The van der Waals surface area contributed by atoms with Gasteiger partial charge in [-0.3, -0.25) is 9.59 Å². The first kappa shape index (κ1) is 14.8. The first-order chi connectivity index (χ1) is 9.10. The number of carbonyl (C=O) groups excluding carboxylic acids is 2. The SMILES string of the molecule is CCOC(=O)[C@@H](CCC#N)C(=O)c1ccc(F)cc1. The molecule has 1 aromatic rings. The summed E-state index contributed by atoms with van der Waals surface area (Å²) in [5, 5.41) is 8.55. The highest BCUT2D eigenvalue weighted by atomic mass is 19.1. The molecule has 0 saturated heterocycles. The van der Waals surface area contributed by atoms with Crippen LogP contribution < -0.4 is 0 Å². The lowest BCUT2D eigenvalue weighted by atomic mass is 9.93. The summed E-state index contributed by atoms with van der Waals surface area (Å²) in [6.45, 7) is 1.81. The number of carbonyl (C=O) groups is 2. The Morgan fingerprint density at radius 2 is 2.00 bits per heavy atom. The largest absolute Gasteiger partial charge is 0.465 e. The molecule has 0 spiro atoms. The van der Waals surface area contributed by atoms with Gasteiger partial charge in [0.25, 0.3) is 0 Å². The highest BCUT2D eigenvalue weighted by Crippen LogP contribution is 2.16. The highest BCUT2D eigenvalue weighted by molar-refractivity contribution is 6.08. The van der Waals surface area contributed by atoms with Crippen molar-refractivity contribution in [2.75, 3.05) is 6.61 Å². The van der Waals surface area contributed by atoms with Gasteiger partial charge in [0.1, 0.15) is 11.7 Å². The number of ketones is 1. The molecule has 0 aromatic heterocycles. The number of halogens is 1. The maximum atomic E-state index is 12.8. The second-order valence-corrected chi connectivity index (χ2v) is 3.87. The smallest absolute Gasteiger partial charge is 0.316 e. The predicted octanol–water partition coefficient (Wildman–Crippen LogP) is 2.49. The van der Waals surface area contributed by atoms with Gasteiger partial charge in [-0.1, -0.05) is 0 Å². The van der Waals surface area contributed by atoms with Crippen molar-refractivity contribution in [1.82, 2.24) is 0 Å². The summed E-state index contributed by atoms with van der Waals surface area (Å²) in [6, 6.07) is 6.83. The maximum Gasteiger partial charge on any atom is 0.316 e. The Morgan fingerprint density at radius 3 is 2.53 bits per heavy atom. The van der Waals surface area contributed by atoms with Gasteiger partial charge in [0.15, 0.2) is 5.78 Å². The van der Waals surface area contributed by atoms with Crippen LogP contribution >= 0.6 is 0 Å². The molecule has 4 nitrogen and oxygen atoms in total. The number of nitriles is 1. The summed E-state index contributed by atoms with van der Waals surface area (Å²) in [5.74, 6) is -2.56. The van der Waals surface area contributed by atoms with E-state index in [1.807, 2.05) is 6.07 Å². The van der Waals surface area contributed by atoms with Crippen LogP contribution in [0.1, 0.15) is 30.1 Å². The number of hydrogen-bond acceptors (Lipinski definition) is 4. The van der Waals surface area contributed by atoms with Gasteiger partial charge in [-0.15, -0.1) is 0 Å². The number of nitrogens with zero attached hydrogens (tertiary/aromatic N) is 1. The van der Waals surface area contributed by atoms with Crippen LogP contribution in [-0.2, 0) is 9.53 Å². The molecule has 0 amide bonds. The molecule has 19 heavy (non-hydrogen) atoms. The van der Waals surface area contributed by atoms with Gasteiger partial charge in [0.05, 0.1) is 12.7 Å². The molecule has 1 aromatic carbocycles. The Labute approximate surface area is 110 Å². The fourth-order valence-corrected chi connectivity index (χ4v) is 1.62. The van der Waals surface area contributed by atoms with Crippen molar-refractivity contribution in [3.8, 4) is 6.07 Å². The van der Waals surface area contributed by atoms with E-state index in [0.29, 0.717) is 0 Å². The van der Waals surface area contributed by atoms with Crippen molar-refractivity contribution in [1.29, 1.82) is 5.26 Å². The third kappa shape index (κ3) is 4.18. The molecule has 0 aliphatic carbocycles. The minimum atomic E-state index is -1.01. The van der Waals surface area contributed by atoms with Crippen molar-refractivity contribution in [2.24, 2.45) is 5.92 Å². The second-order valence-electron chi connectivity index (χ2n) is 3.87. The van der Waals surface area contributed by atoms with E-state index in [1.165, 1.54) is 12.1 Å². The molecule has 5 heteroatoms. The number of ether oxygens (including phenoxy) is 1. The highest BCUT2D eigenvalue weighted by Gasteiger charge is 2.28. The Kier molecular flexibility index (Phi) is 5.68. The van der Waals surface area contributed by atoms with Gasteiger partial charge in [-0.2, -0.15) is 5.26 Å². The number of hydrogen-bond donors (Lipinski definition) is 0. The van der Waals surface area contributed by atoms with E-state index in [-0.39, 0.29) is 25.0 Å². The normalized spacial score (nSPS) is 11.4.